The second-order valence-corrected chi connectivity index (χ2v) is 6.63. The maximum Gasteiger partial charge on any atom is 0.239 e. The SMILES string of the molecule is Cc1cc(NCC(=O)NC2CCC(C)CC2)ccc1-n1cnnn1. The normalized spacial score (nSPS) is 20.6. The fourth-order valence-electron chi connectivity index (χ4n) is 3.16. The van der Waals surface area contributed by atoms with E-state index in [1.807, 2.05) is 25.1 Å². The van der Waals surface area contributed by atoms with Gasteiger partial charge in [0.15, 0.2) is 0 Å². The van der Waals surface area contributed by atoms with Crippen molar-refractivity contribution in [1.82, 2.24) is 25.5 Å². The van der Waals surface area contributed by atoms with Crippen LogP contribution >= 0.6 is 0 Å². The van der Waals surface area contributed by atoms with E-state index in [4.69, 9.17) is 0 Å². The van der Waals surface area contributed by atoms with E-state index in [0.717, 1.165) is 35.7 Å². The first-order valence-corrected chi connectivity index (χ1v) is 8.49. The van der Waals surface area contributed by atoms with E-state index in [2.05, 4.69) is 33.1 Å². The van der Waals surface area contributed by atoms with Gasteiger partial charge in [0.2, 0.25) is 5.91 Å². The lowest BCUT2D eigenvalue weighted by Crippen LogP contribution is -2.40. The molecule has 1 amide bonds. The Morgan fingerprint density at radius 3 is 2.75 bits per heavy atom. The third kappa shape index (κ3) is 4.10. The molecule has 7 heteroatoms. The number of anilines is 1. The van der Waals surface area contributed by atoms with E-state index in [1.165, 1.54) is 12.8 Å². The standard InChI is InChI=1S/C17H24N6O/c1-12-3-5-14(6-4-12)20-17(24)10-18-15-7-8-16(13(2)9-15)23-11-19-21-22-23/h7-9,11-12,14,18H,3-6,10H2,1-2H3,(H,20,24). The number of aromatic nitrogens is 4. The van der Waals surface area contributed by atoms with Crippen LogP contribution in [0.25, 0.3) is 5.69 Å². The number of aryl methyl sites for hydroxylation is 1. The van der Waals surface area contributed by atoms with Gasteiger partial charge < -0.3 is 10.6 Å². The van der Waals surface area contributed by atoms with E-state index >= 15 is 0 Å². The third-order valence-electron chi connectivity index (χ3n) is 4.63. The van der Waals surface area contributed by atoms with Crippen LogP contribution in [0.15, 0.2) is 24.5 Å². The van der Waals surface area contributed by atoms with Crippen molar-refractivity contribution in [3.8, 4) is 5.69 Å². The number of hydrogen-bond acceptors (Lipinski definition) is 5. The van der Waals surface area contributed by atoms with Crippen molar-refractivity contribution < 1.29 is 4.79 Å². The molecule has 0 saturated heterocycles. The van der Waals surface area contributed by atoms with Gasteiger partial charge in [0, 0.05) is 11.7 Å². The van der Waals surface area contributed by atoms with Crippen LogP contribution in [0.1, 0.15) is 38.2 Å². The second kappa shape index (κ2) is 7.42. The Morgan fingerprint density at radius 1 is 1.29 bits per heavy atom. The van der Waals surface area contributed by atoms with Gasteiger partial charge in [-0.25, -0.2) is 4.68 Å². The fourth-order valence-corrected chi connectivity index (χ4v) is 3.16. The summed E-state index contributed by atoms with van der Waals surface area (Å²) in [6.45, 7) is 4.56. The molecule has 1 heterocycles. The molecule has 0 unspecified atom stereocenters. The predicted octanol–water partition coefficient (Wildman–Crippen LogP) is 2.08. The molecule has 1 aliphatic carbocycles. The van der Waals surface area contributed by atoms with Gasteiger partial charge in [-0.1, -0.05) is 6.92 Å². The maximum atomic E-state index is 12.1. The maximum absolute atomic E-state index is 12.1. The Bertz CT molecular complexity index is 676. The summed E-state index contributed by atoms with van der Waals surface area (Å²) in [5.74, 6) is 0.842. The van der Waals surface area contributed by atoms with Crippen LogP contribution in [0.3, 0.4) is 0 Å². The summed E-state index contributed by atoms with van der Waals surface area (Å²) in [5.41, 5.74) is 2.87. The minimum Gasteiger partial charge on any atom is -0.376 e. The number of carbonyl (C=O) groups is 1. The molecule has 0 aliphatic heterocycles. The van der Waals surface area contributed by atoms with Gasteiger partial charge in [-0.15, -0.1) is 5.10 Å². The molecule has 0 radical (unpaired) electrons. The smallest absolute Gasteiger partial charge is 0.239 e. The molecule has 24 heavy (non-hydrogen) atoms. The Kier molecular flexibility index (Phi) is 5.08. The highest BCUT2D eigenvalue weighted by Crippen LogP contribution is 2.23. The van der Waals surface area contributed by atoms with Gasteiger partial charge in [0.25, 0.3) is 0 Å². The van der Waals surface area contributed by atoms with Crippen LogP contribution in [0, 0.1) is 12.8 Å². The molecule has 3 rings (SSSR count). The lowest BCUT2D eigenvalue weighted by Gasteiger charge is -2.27. The number of tetrazole rings is 1. The summed E-state index contributed by atoms with van der Waals surface area (Å²) in [5, 5.41) is 17.5. The number of hydrogen-bond donors (Lipinski definition) is 2. The van der Waals surface area contributed by atoms with Crippen LogP contribution in [-0.2, 0) is 4.79 Å². The van der Waals surface area contributed by atoms with Gasteiger partial charge in [-0.3, -0.25) is 4.79 Å². The van der Waals surface area contributed by atoms with E-state index in [1.54, 1.807) is 11.0 Å². The summed E-state index contributed by atoms with van der Waals surface area (Å²) in [6, 6.07) is 6.19. The molecular formula is C17H24N6O. The predicted molar refractivity (Wildman–Crippen MR) is 91.9 cm³/mol. The van der Waals surface area contributed by atoms with Gasteiger partial charge >= 0.3 is 0 Å². The third-order valence-corrected chi connectivity index (χ3v) is 4.63. The Morgan fingerprint density at radius 2 is 2.08 bits per heavy atom. The molecule has 0 bridgehead atoms. The largest absolute Gasteiger partial charge is 0.376 e. The Balaban J connectivity index is 1.51. The minimum absolute atomic E-state index is 0.0526. The Hall–Kier alpha value is -2.44. The topological polar surface area (TPSA) is 84.7 Å². The van der Waals surface area contributed by atoms with Crippen molar-refractivity contribution >= 4 is 11.6 Å². The summed E-state index contributed by atoms with van der Waals surface area (Å²) >= 11 is 0. The Labute approximate surface area is 141 Å². The molecule has 0 atom stereocenters. The van der Waals surface area contributed by atoms with Gasteiger partial charge in [-0.2, -0.15) is 0 Å². The molecule has 1 saturated carbocycles. The molecular weight excluding hydrogens is 304 g/mol. The van der Waals surface area contributed by atoms with Gasteiger partial charge in [0.05, 0.1) is 12.2 Å². The summed E-state index contributed by atoms with van der Waals surface area (Å²) in [4.78, 5) is 12.1. The highest BCUT2D eigenvalue weighted by Gasteiger charge is 2.19. The molecule has 2 N–H and O–H groups in total. The number of benzene rings is 1. The number of nitrogens with one attached hydrogen (secondary N) is 2. The van der Waals surface area contributed by atoms with Crippen LogP contribution < -0.4 is 10.6 Å². The first-order valence-electron chi connectivity index (χ1n) is 8.49. The average Bonchev–Trinajstić information content (AvgIpc) is 3.09. The zero-order valence-electron chi connectivity index (χ0n) is 14.2. The molecule has 7 nitrogen and oxygen atoms in total. The average molecular weight is 328 g/mol. The first-order chi connectivity index (χ1) is 11.6. The molecule has 1 aliphatic rings. The molecule has 2 aromatic rings. The summed E-state index contributed by atoms with van der Waals surface area (Å²) < 4.78 is 1.62. The van der Waals surface area contributed by atoms with Crippen molar-refractivity contribution in [3.63, 3.8) is 0 Å². The summed E-state index contributed by atoms with van der Waals surface area (Å²) in [6.07, 6.45) is 6.15. The van der Waals surface area contributed by atoms with Crippen molar-refractivity contribution in [2.24, 2.45) is 5.92 Å². The fraction of sp³-hybridized carbons (Fsp3) is 0.529. The number of amides is 1. The van der Waals surface area contributed by atoms with Crippen molar-refractivity contribution in [2.45, 2.75) is 45.6 Å². The van der Waals surface area contributed by atoms with Gasteiger partial charge in [-0.05, 0) is 72.7 Å². The minimum atomic E-state index is 0.0526. The zero-order valence-corrected chi connectivity index (χ0v) is 14.2. The molecule has 1 aromatic carbocycles. The highest BCUT2D eigenvalue weighted by molar-refractivity contribution is 5.81. The molecule has 1 aromatic heterocycles. The van der Waals surface area contributed by atoms with E-state index in [0.29, 0.717) is 6.04 Å². The highest BCUT2D eigenvalue weighted by atomic mass is 16.1. The van der Waals surface area contributed by atoms with Crippen LogP contribution in [0.4, 0.5) is 5.69 Å². The number of rotatable bonds is 5. The summed E-state index contributed by atoms with van der Waals surface area (Å²) in [7, 11) is 0. The number of carbonyl (C=O) groups excluding carboxylic acids is 1. The second-order valence-electron chi connectivity index (χ2n) is 6.63. The van der Waals surface area contributed by atoms with Crippen LogP contribution in [-0.4, -0.2) is 38.7 Å². The molecule has 1 fully saturated rings. The van der Waals surface area contributed by atoms with Crippen LogP contribution in [0.5, 0.6) is 0 Å². The van der Waals surface area contributed by atoms with Crippen LogP contribution in [0.2, 0.25) is 0 Å². The molecule has 128 valence electrons. The van der Waals surface area contributed by atoms with Crippen molar-refractivity contribution in [1.29, 1.82) is 0 Å². The first kappa shape index (κ1) is 16.4. The number of nitrogens with zero attached hydrogens (tertiary/aromatic N) is 4. The lowest BCUT2D eigenvalue weighted by molar-refractivity contribution is -0.120. The monoisotopic (exact) mass is 328 g/mol. The molecule has 0 spiro atoms. The van der Waals surface area contributed by atoms with Crippen molar-refractivity contribution in [3.05, 3.63) is 30.1 Å². The quantitative estimate of drug-likeness (QED) is 0.878. The van der Waals surface area contributed by atoms with E-state index in [9.17, 15) is 4.79 Å². The van der Waals surface area contributed by atoms with Gasteiger partial charge in [0.1, 0.15) is 6.33 Å². The van der Waals surface area contributed by atoms with E-state index < -0.39 is 0 Å². The van der Waals surface area contributed by atoms with E-state index in [-0.39, 0.29) is 12.5 Å². The zero-order chi connectivity index (χ0) is 16.9. The lowest BCUT2D eigenvalue weighted by atomic mass is 9.87. The van der Waals surface area contributed by atoms with Crippen molar-refractivity contribution in [2.75, 3.05) is 11.9 Å².